The van der Waals surface area contributed by atoms with E-state index in [1.807, 2.05) is 79.7 Å². The Labute approximate surface area is 174 Å². The molecule has 30 heavy (non-hydrogen) atoms. The van der Waals surface area contributed by atoms with Gasteiger partial charge in [-0.3, -0.25) is 0 Å². The molecular formula is C24H19N5O. The number of anilines is 4. The van der Waals surface area contributed by atoms with Gasteiger partial charge in [-0.15, -0.1) is 0 Å². The molecule has 0 fully saturated rings. The van der Waals surface area contributed by atoms with Gasteiger partial charge in [-0.25, -0.2) is 9.97 Å². The number of rotatable bonds is 6. The van der Waals surface area contributed by atoms with Crippen molar-refractivity contribution in [2.75, 3.05) is 10.6 Å². The summed E-state index contributed by atoms with van der Waals surface area (Å²) in [4.78, 5) is 8.87. The number of nitrogens with zero attached hydrogens (tertiary/aromatic N) is 3. The maximum Gasteiger partial charge on any atom is 0.136 e. The van der Waals surface area contributed by atoms with E-state index >= 15 is 0 Å². The molecule has 4 aromatic rings. The lowest BCUT2D eigenvalue weighted by atomic mass is 10.2. The highest BCUT2D eigenvalue weighted by Gasteiger charge is 2.05. The molecule has 0 aliphatic carbocycles. The van der Waals surface area contributed by atoms with Crippen LogP contribution in [0.2, 0.25) is 0 Å². The lowest BCUT2D eigenvalue weighted by Crippen LogP contribution is -2.01. The number of hydrogen-bond donors (Lipinski definition) is 2. The lowest BCUT2D eigenvalue weighted by molar-refractivity contribution is 0.483. The van der Waals surface area contributed by atoms with Crippen LogP contribution in [0, 0.1) is 18.3 Å². The van der Waals surface area contributed by atoms with E-state index in [0.29, 0.717) is 23.0 Å². The van der Waals surface area contributed by atoms with Gasteiger partial charge in [-0.05, 0) is 61.5 Å². The van der Waals surface area contributed by atoms with Gasteiger partial charge in [0.1, 0.15) is 29.0 Å². The molecule has 0 spiro atoms. The minimum absolute atomic E-state index is 0.585. The Morgan fingerprint density at radius 3 is 2.10 bits per heavy atom. The fourth-order valence-electron chi connectivity index (χ4n) is 2.89. The molecule has 0 amide bonds. The van der Waals surface area contributed by atoms with Gasteiger partial charge in [-0.1, -0.05) is 24.3 Å². The van der Waals surface area contributed by atoms with E-state index in [-0.39, 0.29) is 0 Å². The third-order valence-electron chi connectivity index (χ3n) is 4.21. The first-order valence-electron chi connectivity index (χ1n) is 9.41. The molecule has 0 saturated carbocycles. The van der Waals surface area contributed by atoms with E-state index in [1.165, 1.54) is 0 Å². The molecule has 3 aromatic carbocycles. The van der Waals surface area contributed by atoms with Crippen LogP contribution in [0.4, 0.5) is 23.0 Å². The van der Waals surface area contributed by atoms with Crippen LogP contribution in [0.1, 0.15) is 11.4 Å². The van der Waals surface area contributed by atoms with Gasteiger partial charge in [0.15, 0.2) is 0 Å². The number of benzene rings is 3. The average molecular weight is 393 g/mol. The number of nitrogens with one attached hydrogen (secondary N) is 2. The summed E-state index contributed by atoms with van der Waals surface area (Å²) < 4.78 is 5.82. The molecule has 0 aliphatic heterocycles. The summed E-state index contributed by atoms with van der Waals surface area (Å²) in [5.74, 6) is 3.48. The minimum Gasteiger partial charge on any atom is -0.457 e. The van der Waals surface area contributed by atoms with Crippen LogP contribution in [0.3, 0.4) is 0 Å². The maximum atomic E-state index is 9.06. The van der Waals surface area contributed by atoms with E-state index < -0.39 is 0 Å². The third-order valence-corrected chi connectivity index (χ3v) is 4.21. The number of hydrogen-bond acceptors (Lipinski definition) is 6. The van der Waals surface area contributed by atoms with Crippen LogP contribution in [-0.2, 0) is 0 Å². The van der Waals surface area contributed by atoms with Gasteiger partial charge in [0.2, 0.25) is 0 Å². The predicted octanol–water partition coefficient (Wildman–Crippen LogP) is 5.94. The van der Waals surface area contributed by atoms with Crippen LogP contribution < -0.4 is 15.4 Å². The second-order valence-electron chi connectivity index (χ2n) is 6.57. The van der Waals surface area contributed by atoms with Crippen molar-refractivity contribution in [3.8, 4) is 17.6 Å². The van der Waals surface area contributed by atoms with Crippen molar-refractivity contribution in [1.82, 2.24) is 9.97 Å². The van der Waals surface area contributed by atoms with Crippen LogP contribution in [0.5, 0.6) is 11.5 Å². The third kappa shape index (κ3) is 4.91. The van der Waals surface area contributed by atoms with Gasteiger partial charge in [0, 0.05) is 17.4 Å². The summed E-state index contributed by atoms with van der Waals surface area (Å²) in [7, 11) is 0. The minimum atomic E-state index is 0.585. The Bertz CT molecular complexity index is 1180. The van der Waals surface area contributed by atoms with Gasteiger partial charge >= 0.3 is 0 Å². The zero-order chi connectivity index (χ0) is 20.8. The van der Waals surface area contributed by atoms with Crippen molar-refractivity contribution >= 4 is 23.0 Å². The molecular weight excluding hydrogens is 374 g/mol. The smallest absolute Gasteiger partial charge is 0.136 e. The second kappa shape index (κ2) is 8.76. The average Bonchev–Trinajstić information content (AvgIpc) is 2.76. The van der Waals surface area contributed by atoms with Gasteiger partial charge in [0.25, 0.3) is 0 Å². The zero-order valence-electron chi connectivity index (χ0n) is 16.3. The number of para-hydroxylation sites is 1. The Morgan fingerprint density at radius 1 is 0.733 bits per heavy atom. The quantitative estimate of drug-likeness (QED) is 0.422. The van der Waals surface area contributed by atoms with Crippen molar-refractivity contribution in [3.63, 3.8) is 0 Å². The first-order valence-corrected chi connectivity index (χ1v) is 9.41. The molecule has 2 N–H and O–H groups in total. The van der Waals surface area contributed by atoms with Gasteiger partial charge in [-0.2, -0.15) is 5.26 Å². The number of ether oxygens (including phenoxy) is 1. The largest absolute Gasteiger partial charge is 0.457 e. The maximum absolute atomic E-state index is 9.06. The molecule has 0 bridgehead atoms. The summed E-state index contributed by atoms with van der Waals surface area (Å²) in [6.07, 6.45) is 0. The Balaban J connectivity index is 1.47. The zero-order valence-corrected chi connectivity index (χ0v) is 16.3. The summed E-state index contributed by atoms with van der Waals surface area (Å²) in [5.41, 5.74) is 2.26. The van der Waals surface area contributed by atoms with Crippen LogP contribution >= 0.6 is 0 Å². The standard InChI is InChI=1S/C24H19N5O/c1-17-26-23(15-24(27-17)29-20-7-5-6-18(14-20)16-25)28-19-10-12-22(13-11-19)30-21-8-3-2-4-9-21/h2-15H,1H3,(H2,26,27,28,29). The molecule has 1 heterocycles. The Hall–Kier alpha value is -4.37. The van der Waals surface area contributed by atoms with Crippen LogP contribution in [0.25, 0.3) is 0 Å². The van der Waals surface area contributed by atoms with Crippen molar-refractivity contribution in [2.45, 2.75) is 6.92 Å². The highest BCUT2D eigenvalue weighted by Crippen LogP contribution is 2.25. The van der Waals surface area contributed by atoms with Crippen molar-refractivity contribution in [3.05, 3.63) is 96.3 Å². The molecule has 1 aromatic heterocycles. The number of aryl methyl sites for hydroxylation is 1. The molecule has 146 valence electrons. The normalized spacial score (nSPS) is 10.1. The Morgan fingerprint density at radius 2 is 1.40 bits per heavy atom. The van der Waals surface area contributed by atoms with E-state index in [9.17, 15) is 0 Å². The van der Waals surface area contributed by atoms with Gasteiger partial charge < -0.3 is 15.4 Å². The summed E-state index contributed by atoms with van der Waals surface area (Å²) in [6.45, 7) is 1.83. The van der Waals surface area contributed by atoms with E-state index in [4.69, 9.17) is 10.00 Å². The molecule has 0 atom stereocenters. The first-order chi connectivity index (χ1) is 14.7. The van der Waals surface area contributed by atoms with Crippen LogP contribution in [-0.4, -0.2) is 9.97 Å². The summed E-state index contributed by atoms with van der Waals surface area (Å²) in [6, 6.07) is 28.5. The number of nitriles is 1. The molecule has 4 rings (SSSR count). The predicted molar refractivity (Wildman–Crippen MR) is 117 cm³/mol. The monoisotopic (exact) mass is 393 g/mol. The summed E-state index contributed by atoms with van der Waals surface area (Å²) in [5, 5.41) is 15.6. The highest BCUT2D eigenvalue weighted by molar-refractivity contribution is 5.64. The van der Waals surface area contributed by atoms with E-state index in [0.717, 1.165) is 22.9 Å². The van der Waals surface area contributed by atoms with Crippen LogP contribution in [0.15, 0.2) is 84.9 Å². The van der Waals surface area contributed by atoms with E-state index in [2.05, 4.69) is 26.7 Å². The molecule has 0 saturated heterocycles. The molecule has 0 aliphatic rings. The van der Waals surface area contributed by atoms with E-state index in [1.54, 1.807) is 12.1 Å². The molecule has 6 nitrogen and oxygen atoms in total. The first kappa shape index (κ1) is 19.0. The lowest BCUT2D eigenvalue weighted by Gasteiger charge is -2.11. The topological polar surface area (TPSA) is 82.9 Å². The van der Waals surface area contributed by atoms with Crippen molar-refractivity contribution in [1.29, 1.82) is 5.26 Å². The SMILES string of the molecule is Cc1nc(Nc2ccc(Oc3ccccc3)cc2)cc(Nc2cccc(C#N)c2)n1. The van der Waals surface area contributed by atoms with Crippen molar-refractivity contribution < 1.29 is 4.74 Å². The fourth-order valence-corrected chi connectivity index (χ4v) is 2.89. The fraction of sp³-hybridized carbons (Fsp3) is 0.0417. The second-order valence-corrected chi connectivity index (χ2v) is 6.57. The Kier molecular flexibility index (Phi) is 5.54. The molecule has 0 radical (unpaired) electrons. The van der Waals surface area contributed by atoms with Crippen molar-refractivity contribution in [2.24, 2.45) is 0 Å². The van der Waals surface area contributed by atoms with Gasteiger partial charge in [0.05, 0.1) is 11.6 Å². The summed E-state index contributed by atoms with van der Waals surface area (Å²) >= 11 is 0. The number of aromatic nitrogens is 2. The molecule has 0 unspecified atom stereocenters. The molecule has 6 heteroatoms. The highest BCUT2D eigenvalue weighted by atomic mass is 16.5.